The van der Waals surface area contributed by atoms with Crippen molar-refractivity contribution in [2.75, 3.05) is 38.3 Å². The lowest BCUT2D eigenvalue weighted by Crippen LogP contribution is -2.36. The number of aromatic nitrogens is 1. The number of carbonyl (C=O) groups is 1. The van der Waals surface area contributed by atoms with Crippen molar-refractivity contribution in [3.05, 3.63) is 53.9 Å². The minimum atomic E-state index is -3.74. The smallest absolute Gasteiger partial charge is 0.272 e. The predicted octanol–water partition coefficient (Wildman–Crippen LogP) is 1.40. The van der Waals surface area contributed by atoms with Gasteiger partial charge in [0, 0.05) is 32.0 Å². The summed E-state index contributed by atoms with van der Waals surface area (Å²) in [5.41, 5.74) is 2.10. The first-order valence-corrected chi connectivity index (χ1v) is 10.5. The molecule has 9 heteroatoms. The number of primary sulfonamides is 1. The summed E-state index contributed by atoms with van der Waals surface area (Å²) in [6, 6.07) is 9.61. The minimum Gasteiger partial charge on any atom is -0.378 e. The van der Waals surface area contributed by atoms with E-state index in [4.69, 9.17) is 9.88 Å². The van der Waals surface area contributed by atoms with Crippen LogP contribution < -0.4 is 10.0 Å². The average molecular weight is 404 g/mol. The highest BCUT2D eigenvalue weighted by Gasteiger charge is 2.22. The number of sulfonamides is 1. The molecule has 1 aromatic heterocycles. The van der Waals surface area contributed by atoms with Crippen molar-refractivity contribution < 1.29 is 17.9 Å². The van der Waals surface area contributed by atoms with E-state index in [0.29, 0.717) is 18.9 Å². The maximum atomic E-state index is 12.9. The van der Waals surface area contributed by atoms with Gasteiger partial charge < -0.3 is 14.5 Å². The van der Waals surface area contributed by atoms with Gasteiger partial charge in [0.1, 0.15) is 5.69 Å². The maximum absolute atomic E-state index is 12.9. The first kappa shape index (κ1) is 20.2. The van der Waals surface area contributed by atoms with Crippen molar-refractivity contribution >= 4 is 21.6 Å². The third-order valence-electron chi connectivity index (χ3n) is 4.93. The lowest BCUT2D eigenvalue weighted by molar-refractivity contribution is 0.0736. The number of hydrogen-bond acceptors (Lipinski definition) is 6. The van der Waals surface area contributed by atoms with E-state index in [2.05, 4.69) is 9.88 Å². The van der Waals surface area contributed by atoms with E-state index >= 15 is 0 Å². The molecule has 1 aromatic carbocycles. The molecule has 0 aliphatic carbocycles. The molecule has 1 amide bonds. The third kappa shape index (κ3) is 4.49. The van der Waals surface area contributed by atoms with Gasteiger partial charge in [-0.25, -0.2) is 13.6 Å². The standard InChI is InChI=1S/C19H24N4O4S/c1-14(15-3-5-17(6-4-15)28(20,25)26)22(2)19(24)18-13-16(7-8-21-18)23-9-11-27-12-10-23/h3-8,13-14H,9-12H2,1-2H3,(H2,20,25,26)/t14-/m1/s1. The molecule has 0 saturated carbocycles. The van der Waals surface area contributed by atoms with Crippen LogP contribution in [0.1, 0.15) is 29.0 Å². The Labute approximate surface area is 165 Å². The summed E-state index contributed by atoms with van der Waals surface area (Å²) < 4.78 is 28.2. The molecule has 1 aliphatic rings. The quantitative estimate of drug-likeness (QED) is 0.807. The van der Waals surface area contributed by atoms with Crippen molar-refractivity contribution in [3.8, 4) is 0 Å². The number of benzene rings is 1. The number of anilines is 1. The number of hydrogen-bond donors (Lipinski definition) is 1. The molecule has 1 fully saturated rings. The van der Waals surface area contributed by atoms with Crippen LogP contribution in [0, 0.1) is 0 Å². The Balaban J connectivity index is 1.76. The lowest BCUT2D eigenvalue weighted by atomic mass is 10.1. The molecule has 0 radical (unpaired) electrons. The van der Waals surface area contributed by atoms with E-state index in [9.17, 15) is 13.2 Å². The van der Waals surface area contributed by atoms with Gasteiger partial charge in [-0.1, -0.05) is 12.1 Å². The van der Waals surface area contributed by atoms with Crippen molar-refractivity contribution in [1.82, 2.24) is 9.88 Å². The fourth-order valence-electron chi connectivity index (χ4n) is 3.07. The normalized spacial score (nSPS) is 15.9. The second kappa shape index (κ2) is 8.26. The third-order valence-corrected chi connectivity index (χ3v) is 5.86. The first-order chi connectivity index (χ1) is 13.3. The second-order valence-electron chi connectivity index (χ2n) is 6.70. The molecule has 0 spiro atoms. The molecule has 3 rings (SSSR count). The zero-order valence-corrected chi connectivity index (χ0v) is 16.7. The number of nitrogens with zero attached hydrogens (tertiary/aromatic N) is 3. The zero-order chi connectivity index (χ0) is 20.3. The Hall–Kier alpha value is -2.49. The summed E-state index contributed by atoms with van der Waals surface area (Å²) >= 11 is 0. The molecule has 0 bridgehead atoms. The number of amides is 1. The largest absolute Gasteiger partial charge is 0.378 e. The molecule has 150 valence electrons. The topological polar surface area (TPSA) is 106 Å². The van der Waals surface area contributed by atoms with Crippen molar-refractivity contribution in [2.24, 2.45) is 5.14 Å². The Bertz CT molecular complexity index is 941. The Morgan fingerprint density at radius 1 is 1.21 bits per heavy atom. The van der Waals surface area contributed by atoms with Gasteiger partial charge >= 0.3 is 0 Å². The van der Waals surface area contributed by atoms with Crippen molar-refractivity contribution in [2.45, 2.75) is 17.9 Å². The highest BCUT2D eigenvalue weighted by Crippen LogP contribution is 2.23. The highest BCUT2D eigenvalue weighted by atomic mass is 32.2. The number of carbonyl (C=O) groups excluding carboxylic acids is 1. The zero-order valence-electron chi connectivity index (χ0n) is 15.9. The van der Waals surface area contributed by atoms with Crippen LogP contribution in [0.3, 0.4) is 0 Å². The summed E-state index contributed by atoms with van der Waals surface area (Å²) in [5.74, 6) is -0.210. The molecule has 2 heterocycles. The molecule has 1 saturated heterocycles. The van der Waals surface area contributed by atoms with E-state index in [1.807, 2.05) is 13.0 Å². The second-order valence-corrected chi connectivity index (χ2v) is 8.27. The highest BCUT2D eigenvalue weighted by molar-refractivity contribution is 7.89. The summed E-state index contributed by atoms with van der Waals surface area (Å²) in [6.45, 7) is 4.75. The number of nitrogens with two attached hydrogens (primary N) is 1. The van der Waals surface area contributed by atoms with E-state index in [1.165, 1.54) is 12.1 Å². The van der Waals surface area contributed by atoms with E-state index in [1.54, 1.807) is 36.3 Å². The van der Waals surface area contributed by atoms with E-state index in [0.717, 1.165) is 24.3 Å². The molecular formula is C19H24N4O4S. The van der Waals surface area contributed by atoms with Gasteiger partial charge in [0.15, 0.2) is 0 Å². The number of rotatable bonds is 5. The molecule has 8 nitrogen and oxygen atoms in total. The van der Waals surface area contributed by atoms with E-state index < -0.39 is 10.0 Å². The van der Waals surface area contributed by atoms with Crippen LogP contribution in [-0.4, -0.2) is 57.6 Å². The van der Waals surface area contributed by atoms with Gasteiger partial charge in [-0.05, 0) is 36.8 Å². The Morgan fingerprint density at radius 2 is 1.86 bits per heavy atom. The fourth-order valence-corrected chi connectivity index (χ4v) is 3.59. The van der Waals surface area contributed by atoms with Gasteiger partial charge in [-0.15, -0.1) is 0 Å². The summed E-state index contributed by atoms with van der Waals surface area (Å²) in [5, 5.41) is 5.13. The van der Waals surface area contributed by atoms with Crippen LogP contribution in [0.25, 0.3) is 0 Å². The van der Waals surface area contributed by atoms with Crippen LogP contribution in [-0.2, 0) is 14.8 Å². The SMILES string of the molecule is C[C@H](c1ccc(S(N)(=O)=O)cc1)N(C)C(=O)c1cc(N2CCOCC2)ccn1. The average Bonchev–Trinajstić information content (AvgIpc) is 2.72. The number of morpholine rings is 1. The summed E-state index contributed by atoms with van der Waals surface area (Å²) in [6.07, 6.45) is 1.64. The fraction of sp³-hybridized carbons (Fsp3) is 0.368. The maximum Gasteiger partial charge on any atom is 0.272 e. The molecule has 2 aromatic rings. The molecule has 1 aliphatic heterocycles. The van der Waals surface area contributed by atoms with Gasteiger partial charge in [-0.2, -0.15) is 0 Å². The van der Waals surface area contributed by atoms with Crippen LogP contribution in [0.5, 0.6) is 0 Å². The van der Waals surface area contributed by atoms with Gasteiger partial charge in [0.2, 0.25) is 10.0 Å². The number of ether oxygens (including phenoxy) is 1. The molecule has 2 N–H and O–H groups in total. The first-order valence-electron chi connectivity index (χ1n) is 8.96. The van der Waals surface area contributed by atoms with Crippen molar-refractivity contribution in [1.29, 1.82) is 0 Å². The molecule has 28 heavy (non-hydrogen) atoms. The summed E-state index contributed by atoms with van der Waals surface area (Å²) in [4.78, 5) is 20.9. The van der Waals surface area contributed by atoms with Crippen LogP contribution >= 0.6 is 0 Å². The van der Waals surface area contributed by atoms with Crippen LogP contribution in [0.4, 0.5) is 5.69 Å². The predicted molar refractivity (Wildman–Crippen MR) is 106 cm³/mol. The molecular weight excluding hydrogens is 380 g/mol. The van der Waals surface area contributed by atoms with Crippen molar-refractivity contribution in [3.63, 3.8) is 0 Å². The minimum absolute atomic E-state index is 0.0392. The number of pyridine rings is 1. The molecule has 0 unspecified atom stereocenters. The van der Waals surface area contributed by atoms with Gasteiger partial charge in [0.25, 0.3) is 5.91 Å². The Morgan fingerprint density at radius 3 is 2.46 bits per heavy atom. The van der Waals surface area contributed by atoms with Crippen LogP contribution in [0.2, 0.25) is 0 Å². The van der Waals surface area contributed by atoms with Gasteiger partial charge in [-0.3, -0.25) is 9.78 Å². The Kier molecular flexibility index (Phi) is 5.97. The summed E-state index contributed by atoms with van der Waals surface area (Å²) in [7, 11) is -2.05. The van der Waals surface area contributed by atoms with E-state index in [-0.39, 0.29) is 16.8 Å². The van der Waals surface area contributed by atoms with Crippen LogP contribution in [0.15, 0.2) is 47.5 Å². The lowest BCUT2D eigenvalue weighted by Gasteiger charge is -2.29. The molecule has 1 atom stereocenters. The monoisotopic (exact) mass is 404 g/mol. The van der Waals surface area contributed by atoms with Gasteiger partial charge in [0.05, 0.1) is 24.2 Å².